The van der Waals surface area contributed by atoms with E-state index in [4.69, 9.17) is 14.2 Å². The molecular weight excluding hydrogens is 156 g/mol. The van der Waals surface area contributed by atoms with E-state index in [1.54, 1.807) is 12.5 Å². The molecule has 1 aliphatic heterocycles. The van der Waals surface area contributed by atoms with Crippen molar-refractivity contribution in [3.8, 4) is 0 Å². The van der Waals surface area contributed by atoms with Crippen LogP contribution in [-0.4, -0.2) is 19.5 Å². The molecule has 0 aromatic carbocycles. The SMILES string of the molecule is CC=COC=CCOC1CCO1. The predicted octanol–water partition coefficient (Wildman–Crippen LogP) is 1.81. The summed E-state index contributed by atoms with van der Waals surface area (Å²) in [5.74, 6) is 0. The maximum atomic E-state index is 5.25. The average molecular weight is 170 g/mol. The fraction of sp³-hybridized carbons (Fsp3) is 0.556. The van der Waals surface area contributed by atoms with Gasteiger partial charge >= 0.3 is 0 Å². The summed E-state index contributed by atoms with van der Waals surface area (Å²) in [6, 6.07) is 0. The van der Waals surface area contributed by atoms with Crippen LogP contribution >= 0.6 is 0 Å². The molecule has 1 fully saturated rings. The number of rotatable bonds is 5. The fourth-order valence-electron chi connectivity index (χ4n) is 0.727. The Morgan fingerprint density at radius 1 is 1.50 bits per heavy atom. The van der Waals surface area contributed by atoms with Crippen molar-refractivity contribution in [2.45, 2.75) is 19.6 Å². The Hall–Kier alpha value is -0.800. The van der Waals surface area contributed by atoms with E-state index in [-0.39, 0.29) is 6.29 Å². The van der Waals surface area contributed by atoms with E-state index in [0.29, 0.717) is 6.61 Å². The molecule has 1 heterocycles. The van der Waals surface area contributed by atoms with E-state index < -0.39 is 0 Å². The van der Waals surface area contributed by atoms with Crippen LogP contribution in [0.15, 0.2) is 24.7 Å². The molecule has 1 aliphatic rings. The van der Waals surface area contributed by atoms with E-state index in [1.807, 2.05) is 19.1 Å². The molecule has 3 heteroatoms. The minimum atomic E-state index is 0.0105. The Bertz CT molecular complexity index is 159. The molecule has 1 saturated heterocycles. The highest BCUT2D eigenvalue weighted by Gasteiger charge is 2.17. The molecule has 0 N–H and O–H groups in total. The van der Waals surface area contributed by atoms with Gasteiger partial charge in [0.15, 0.2) is 6.29 Å². The van der Waals surface area contributed by atoms with Gasteiger partial charge in [0.2, 0.25) is 0 Å². The zero-order valence-electron chi connectivity index (χ0n) is 7.23. The number of ether oxygens (including phenoxy) is 3. The van der Waals surface area contributed by atoms with Crippen LogP contribution in [0.1, 0.15) is 13.3 Å². The van der Waals surface area contributed by atoms with Crippen LogP contribution in [0.4, 0.5) is 0 Å². The lowest BCUT2D eigenvalue weighted by Gasteiger charge is -2.25. The molecule has 0 spiro atoms. The number of allylic oxidation sites excluding steroid dienone is 1. The fourth-order valence-corrected chi connectivity index (χ4v) is 0.727. The highest BCUT2D eigenvalue weighted by molar-refractivity contribution is 4.77. The summed E-state index contributed by atoms with van der Waals surface area (Å²) in [5, 5.41) is 0. The molecule has 12 heavy (non-hydrogen) atoms. The van der Waals surface area contributed by atoms with Crippen molar-refractivity contribution in [2.24, 2.45) is 0 Å². The highest BCUT2D eigenvalue weighted by Crippen LogP contribution is 2.11. The molecule has 0 bridgehead atoms. The third-order valence-electron chi connectivity index (χ3n) is 1.43. The first-order valence-corrected chi connectivity index (χ1v) is 4.08. The molecule has 0 aromatic heterocycles. The molecule has 0 saturated carbocycles. The monoisotopic (exact) mass is 170 g/mol. The van der Waals surface area contributed by atoms with Crippen molar-refractivity contribution < 1.29 is 14.2 Å². The maximum Gasteiger partial charge on any atom is 0.160 e. The Labute approximate surface area is 72.6 Å². The lowest BCUT2D eigenvalue weighted by atomic mass is 10.3. The highest BCUT2D eigenvalue weighted by atomic mass is 16.7. The lowest BCUT2D eigenvalue weighted by Crippen LogP contribution is -2.29. The van der Waals surface area contributed by atoms with E-state index in [0.717, 1.165) is 13.0 Å². The van der Waals surface area contributed by atoms with Gasteiger partial charge in [-0.15, -0.1) is 0 Å². The molecule has 1 atom stereocenters. The third-order valence-corrected chi connectivity index (χ3v) is 1.43. The quantitative estimate of drug-likeness (QED) is 0.589. The summed E-state index contributed by atoms with van der Waals surface area (Å²) in [6.45, 7) is 3.26. The van der Waals surface area contributed by atoms with Crippen molar-refractivity contribution in [1.29, 1.82) is 0 Å². The molecule has 0 aromatic rings. The Balaban J connectivity index is 1.89. The van der Waals surface area contributed by atoms with Crippen LogP contribution < -0.4 is 0 Å². The molecule has 3 nitrogen and oxygen atoms in total. The molecule has 68 valence electrons. The van der Waals surface area contributed by atoms with Gasteiger partial charge in [0, 0.05) is 6.42 Å². The third kappa shape index (κ3) is 3.55. The first-order chi connectivity index (χ1) is 5.93. The minimum Gasteiger partial charge on any atom is -0.473 e. The van der Waals surface area contributed by atoms with Gasteiger partial charge in [0.05, 0.1) is 25.7 Å². The zero-order valence-corrected chi connectivity index (χ0v) is 7.23. The molecule has 1 unspecified atom stereocenters. The van der Waals surface area contributed by atoms with Gasteiger partial charge in [0.1, 0.15) is 0 Å². The van der Waals surface area contributed by atoms with E-state index in [9.17, 15) is 0 Å². The second-order valence-corrected chi connectivity index (χ2v) is 2.40. The van der Waals surface area contributed by atoms with Crippen LogP contribution in [0, 0.1) is 0 Å². The minimum absolute atomic E-state index is 0.0105. The first-order valence-electron chi connectivity index (χ1n) is 4.08. The summed E-state index contributed by atoms with van der Waals surface area (Å²) in [6.07, 6.45) is 7.84. The van der Waals surface area contributed by atoms with Gasteiger partial charge in [-0.2, -0.15) is 0 Å². The topological polar surface area (TPSA) is 27.7 Å². The second-order valence-electron chi connectivity index (χ2n) is 2.40. The summed E-state index contributed by atoms with van der Waals surface area (Å²) >= 11 is 0. The molecular formula is C9H14O3. The smallest absolute Gasteiger partial charge is 0.160 e. The number of hydrogen-bond donors (Lipinski definition) is 0. The van der Waals surface area contributed by atoms with Crippen LogP contribution in [0.2, 0.25) is 0 Å². The lowest BCUT2D eigenvalue weighted by molar-refractivity contribution is -0.209. The van der Waals surface area contributed by atoms with Crippen LogP contribution in [0.25, 0.3) is 0 Å². The van der Waals surface area contributed by atoms with Crippen molar-refractivity contribution in [2.75, 3.05) is 13.2 Å². The van der Waals surface area contributed by atoms with Crippen LogP contribution in [0.5, 0.6) is 0 Å². The van der Waals surface area contributed by atoms with E-state index in [2.05, 4.69) is 0 Å². The van der Waals surface area contributed by atoms with Crippen molar-refractivity contribution in [3.63, 3.8) is 0 Å². The summed E-state index contributed by atoms with van der Waals surface area (Å²) < 4.78 is 15.2. The second kappa shape index (κ2) is 5.80. The van der Waals surface area contributed by atoms with Gasteiger partial charge in [-0.3, -0.25) is 0 Å². The number of hydrogen-bond acceptors (Lipinski definition) is 3. The Kier molecular flexibility index (Phi) is 4.49. The molecule has 1 rings (SSSR count). The molecule has 0 radical (unpaired) electrons. The van der Waals surface area contributed by atoms with Crippen molar-refractivity contribution in [3.05, 3.63) is 24.7 Å². The first kappa shape index (κ1) is 9.29. The van der Waals surface area contributed by atoms with Gasteiger partial charge in [-0.1, -0.05) is 6.08 Å². The van der Waals surface area contributed by atoms with Gasteiger partial charge in [-0.05, 0) is 13.0 Å². The van der Waals surface area contributed by atoms with Gasteiger partial charge in [0.25, 0.3) is 0 Å². The zero-order chi connectivity index (χ0) is 8.65. The Morgan fingerprint density at radius 3 is 2.92 bits per heavy atom. The summed E-state index contributed by atoms with van der Waals surface area (Å²) in [5.41, 5.74) is 0. The molecule has 0 aliphatic carbocycles. The van der Waals surface area contributed by atoms with Crippen LogP contribution in [-0.2, 0) is 14.2 Å². The maximum absolute atomic E-state index is 5.25. The van der Waals surface area contributed by atoms with Crippen molar-refractivity contribution >= 4 is 0 Å². The van der Waals surface area contributed by atoms with Crippen molar-refractivity contribution in [1.82, 2.24) is 0 Å². The average Bonchev–Trinajstić information content (AvgIpc) is 2.00. The standard InChI is InChI=1S/C9H14O3/c1-2-5-10-6-3-7-11-9-4-8-12-9/h2-3,5-6,9H,4,7-8H2,1H3. The van der Waals surface area contributed by atoms with Crippen LogP contribution in [0.3, 0.4) is 0 Å². The normalized spacial score (nSPS) is 23.2. The summed E-state index contributed by atoms with van der Waals surface area (Å²) in [7, 11) is 0. The van der Waals surface area contributed by atoms with Gasteiger partial charge < -0.3 is 14.2 Å². The predicted molar refractivity (Wildman–Crippen MR) is 45.3 cm³/mol. The van der Waals surface area contributed by atoms with E-state index >= 15 is 0 Å². The molecule has 0 amide bonds. The summed E-state index contributed by atoms with van der Waals surface area (Å²) in [4.78, 5) is 0. The largest absolute Gasteiger partial charge is 0.473 e. The van der Waals surface area contributed by atoms with E-state index in [1.165, 1.54) is 0 Å². The van der Waals surface area contributed by atoms with Gasteiger partial charge in [-0.25, -0.2) is 0 Å². The Morgan fingerprint density at radius 2 is 2.33 bits per heavy atom.